The molecule has 62 valence electrons. The van der Waals surface area contributed by atoms with Crippen molar-refractivity contribution in [2.24, 2.45) is 0 Å². The molecular formula is C6H10N2O2S. The second-order valence-electron chi connectivity index (χ2n) is 1.87. The van der Waals surface area contributed by atoms with Gasteiger partial charge < -0.3 is 5.32 Å². The molecule has 1 unspecified atom stereocenters. The van der Waals surface area contributed by atoms with Crippen molar-refractivity contribution in [2.45, 2.75) is 6.42 Å². The Hall–Kier alpha value is -0.890. The fourth-order valence-corrected chi connectivity index (χ4v) is 1.18. The van der Waals surface area contributed by atoms with Gasteiger partial charge in [-0.1, -0.05) is 0 Å². The van der Waals surface area contributed by atoms with Gasteiger partial charge in [0, 0.05) is 30.0 Å². The first-order valence-electron chi connectivity index (χ1n) is 3.13. The van der Waals surface area contributed by atoms with Crippen LogP contribution in [0.5, 0.6) is 0 Å². The molecule has 4 nitrogen and oxygen atoms in total. The van der Waals surface area contributed by atoms with Gasteiger partial charge in [0.15, 0.2) is 0 Å². The topological polar surface area (TPSA) is 70.0 Å². The summed E-state index contributed by atoms with van der Waals surface area (Å²) in [5, 5.41) is 10.5. The van der Waals surface area contributed by atoms with Crippen molar-refractivity contribution < 1.29 is 9.00 Å². The van der Waals surface area contributed by atoms with E-state index >= 15 is 0 Å². The van der Waals surface area contributed by atoms with Crippen molar-refractivity contribution in [1.82, 2.24) is 5.32 Å². The number of hydrogen-bond donors (Lipinski definition) is 1. The molecule has 1 N–H and O–H groups in total. The van der Waals surface area contributed by atoms with Crippen molar-refractivity contribution in [3.63, 3.8) is 0 Å². The molecule has 0 aromatic rings. The quantitative estimate of drug-likeness (QED) is 0.618. The molecule has 0 saturated heterocycles. The normalized spacial score (nSPS) is 11.6. The lowest BCUT2D eigenvalue weighted by molar-refractivity contribution is -0.120. The Kier molecular flexibility index (Phi) is 5.39. The highest BCUT2D eigenvalue weighted by Crippen LogP contribution is 1.86. The zero-order valence-corrected chi connectivity index (χ0v) is 7.11. The van der Waals surface area contributed by atoms with Crippen molar-refractivity contribution in [3.05, 3.63) is 0 Å². The molecule has 0 fully saturated rings. The van der Waals surface area contributed by atoms with Gasteiger partial charge in [0.2, 0.25) is 5.91 Å². The zero-order valence-electron chi connectivity index (χ0n) is 6.29. The predicted octanol–water partition coefficient (Wildman–Crippen LogP) is -0.605. The predicted molar refractivity (Wildman–Crippen MR) is 42.2 cm³/mol. The fraction of sp³-hybridized carbons (Fsp3) is 0.667. The summed E-state index contributed by atoms with van der Waals surface area (Å²) in [6.07, 6.45) is 0.227. The Bertz CT molecular complexity index is 197. The first-order chi connectivity index (χ1) is 5.20. The van der Waals surface area contributed by atoms with Crippen LogP contribution in [0.2, 0.25) is 0 Å². The molecule has 0 aliphatic carbocycles. The van der Waals surface area contributed by atoms with E-state index in [0.717, 1.165) is 0 Å². The molecular weight excluding hydrogens is 164 g/mol. The van der Waals surface area contributed by atoms with E-state index in [1.807, 2.05) is 0 Å². The van der Waals surface area contributed by atoms with Gasteiger partial charge in [0.25, 0.3) is 0 Å². The van der Waals surface area contributed by atoms with Crippen LogP contribution in [0, 0.1) is 11.3 Å². The molecule has 0 aliphatic rings. The first kappa shape index (κ1) is 10.1. The number of amides is 1. The highest BCUT2D eigenvalue weighted by molar-refractivity contribution is 7.85. The van der Waals surface area contributed by atoms with Gasteiger partial charge in [0.1, 0.15) is 5.75 Å². The van der Waals surface area contributed by atoms with Crippen LogP contribution in [0.15, 0.2) is 0 Å². The van der Waals surface area contributed by atoms with Gasteiger partial charge in [-0.05, 0) is 0 Å². The van der Waals surface area contributed by atoms with Gasteiger partial charge in [-0.25, -0.2) is 0 Å². The van der Waals surface area contributed by atoms with Crippen LogP contribution in [0.1, 0.15) is 6.42 Å². The highest BCUT2D eigenvalue weighted by atomic mass is 32.2. The maximum absolute atomic E-state index is 10.8. The minimum Gasteiger partial charge on any atom is -0.359 e. The van der Waals surface area contributed by atoms with E-state index in [-0.39, 0.29) is 23.8 Å². The standard InChI is InChI=1S/C6H10N2O2S/c1-8-6(9)2-4-11(10)5-3-7/h2,4-5H2,1H3,(H,8,9). The molecule has 0 aliphatic heterocycles. The van der Waals surface area contributed by atoms with Crippen LogP contribution in [-0.4, -0.2) is 28.7 Å². The highest BCUT2D eigenvalue weighted by Gasteiger charge is 2.02. The van der Waals surface area contributed by atoms with Gasteiger partial charge in [0.05, 0.1) is 6.07 Å². The van der Waals surface area contributed by atoms with Gasteiger partial charge in [-0.15, -0.1) is 0 Å². The summed E-state index contributed by atoms with van der Waals surface area (Å²) in [4.78, 5) is 10.6. The van der Waals surface area contributed by atoms with Crippen molar-refractivity contribution in [3.8, 4) is 6.07 Å². The minimum absolute atomic E-state index is 0.0109. The lowest BCUT2D eigenvalue weighted by atomic mass is 10.5. The number of carbonyl (C=O) groups excluding carboxylic acids is 1. The molecule has 0 radical (unpaired) electrons. The first-order valence-corrected chi connectivity index (χ1v) is 4.62. The number of nitrogens with one attached hydrogen (secondary N) is 1. The molecule has 0 saturated carbocycles. The average molecular weight is 174 g/mol. The summed E-state index contributed by atoms with van der Waals surface area (Å²) in [5.74, 6) is 0.140. The minimum atomic E-state index is -1.16. The van der Waals surface area contributed by atoms with Crippen LogP contribution in [0.25, 0.3) is 0 Å². The molecule has 0 bridgehead atoms. The summed E-state index contributed by atoms with van der Waals surface area (Å²) in [7, 11) is 0.359. The van der Waals surface area contributed by atoms with Crippen LogP contribution < -0.4 is 5.32 Å². The Balaban J connectivity index is 3.47. The molecule has 0 aromatic heterocycles. The number of nitrogens with zero attached hydrogens (tertiary/aromatic N) is 1. The van der Waals surface area contributed by atoms with Gasteiger partial charge in [-0.2, -0.15) is 5.26 Å². The van der Waals surface area contributed by atoms with Gasteiger partial charge in [-0.3, -0.25) is 9.00 Å². The van der Waals surface area contributed by atoms with E-state index in [9.17, 15) is 9.00 Å². The summed E-state index contributed by atoms with van der Waals surface area (Å²) in [6.45, 7) is 0. The summed E-state index contributed by atoms with van der Waals surface area (Å²) in [6, 6.07) is 1.78. The third-order valence-corrected chi connectivity index (χ3v) is 2.17. The monoisotopic (exact) mass is 174 g/mol. The molecule has 0 rings (SSSR count). The van der Waals surface area contributed by atoms with E-state index in [4.69, 9.17) is 5.26 Å². The van der Waals surface area contributed by atoms with Crippen LogP contribution in [0.3, 0.4) is 0 Å². The molecule has 0 heterocycles. The molecule has 0 spiro atoms. The van der Waals surface area contributed by atoms with Crippen LogP contribution in [-0.2, 0) is 15.6 Å². The molecule has 1 atom stereocenters. The van der Waals surface area contributed by atoms with Crippen LogP contribution >= 0.6 is 0 Å². The third kappa shape index (κ3) is 5.55. The number of nitriles is 1. The maximum atomic E-state index is 10.8. The Morgan fingerprint density at radius 1 is 1.73 bits per heavy atom. The lowest BCUT2D eigenvalue weighted by Crippen LogP contribution is -2.20. The zero-order chi connectivity index (χ0) is 8.69. The summed E-state index contributed by atoms with van der Waals surface area (Å²) >= 11 is 0. The van der Waals surface area contributed by atoms with E-state index in [0.29, 0.717) is 0 Å². The smallest absolute Gasteiger partial charge is 0.220 e. The van der Waals surface area contributed by atoms with Crippen molar-refractivity contribution >= 4 is 16.7 Å². The number of rotatable bonds is 4. The van der Waals surface area contributed by atoms with Gasteiger partial charge >= 0.3 is 0 Å². The Labute approximate surface area is 68.0 Å². The van der Waals surface area contributed by atoms with E-state index < -0.39 is 10.8 Å². The molecule has 5 heteroatoms. The summed E-state index contributed by atoms with van der Waals surface area (Å²) < 4.78 is 10.8. The summed E-state index contributed by atoms with van der Waals surface area (Å²) in [5.41, 5.74) is 0. The van der Waals surface area contributed by atoms with E-state index in [1.54, 1.807) is 6.07 Å². The molecule has 1 amide bonds. The van der Waals surface area contributed by atoms with E-state index in [2.05, 4.69) is 5.32 Å². The second-order valence-corrected chi connectivity index (χ2v) is 3.45. The van der Waals surface area contributed by atoms with Crippen LogP contribution in [0.4, 0.5) is 0 Å². The van der Waals surface area contributed by atoms with Crippen molar-refractivity contribution in [1.29, 1.82) is 5.26 Å². The molecule has 11 heavy (non-hydrogen) atoms. The second kappa shape index (κ2) is 5.86. The Morgan fingerprint density at radius 3 is 2.82 bits per heavy atom. The third-order valence-electron chi connectivity index (χ3n) is 1.06. The van der Waals surface area contributed by atoms with E-state index in [1.165, 1.54) is 7.05 Å². The average Bonchev–Trinajstić information content (AvgIpc) is 2.01. The Morgan fingerprint density at radius 2 is 2.36 bits per heavy atom. The number of carbonyl (C=O) groups is 1. The van der Waals surface area contributed by atoms with Crippen molar-refractivity contribution in [2.75, 3.05) is 18.6 Å². The maximum Gasteiger partial charge on any atom is 0.220 e. The SMILES string of the molecule is CNC(=O)CCS(=O)CC#N. The largest absolute Gasteiger partial charge is 0.359 e. The molecule has 0 aromatic carbocycles. The number of hydrogen-bond acceptors (Lipinski definition) is 3. The fourth-order valence-electron chi connectivity index (χ4n) is 0.476. The lowest BCUT2D eigenvalue weighted by Gasteiger charge is -1.96.